The standard InChI is InChI=1S/C41H70O4.C18H36O2/c1-3-5-7-9-10-11-12-13-14-15-18-21-24-31-37-44-40(42)36-30-23-20-17-16-19-22-29-35-39(34-28-8-6-4-2)45-41(43)38-32-26-25-27-33-38;1-2-3-4-5-6-7-8-9-10-11-12-13-14-15-16-17-18(19)20/h22,25-27,29,32-33,39H,3-21,23-24,28,30-31,34-37H2,1-2H3;2-17H2,1H3,(H,19,20)/b29-22-;/t39-;/m1./s1. The molecule has 0 radical (unpaired) electrons. The van der Waals surface area contributed by atoms with Gasteiger partial charge in [-0.1, -0.05) is 263 Å². The van der Waals surface area contributed by atoms with Crippen LogP contribution in [-0.2, 0) is 19.1 Å². The number of carbonyl (C=O) groups excluding carboxylic acids is 2. The maximum atomic E-state index is 12.5. The third kappa shape index (κ3) is 49.1. The number of rotatable bonds is 48. The predicted octanol–water partition coefficient (Wildman–Crippen LogP) is 19.2. The average Bonchev–Trinajstić information content (AvgIpc) is 3.31. The van der Waals surface area contributed by atoms with Gasteiger partial charge in [-0.15, -0.1) is 0 Å². The first-order valence-electron chi connectivity index (χ1n) is 28.2. The number of aliphatic carboxylic acids is 1. The second kappa shape index (κ2) is 52.3. The molecule has 0 spiro atoms. The van der Waals surface area contributed by atoms with E-state index < -0.39 is 5.97 Å². The molecule has 65 heavy (non-hydrogen) atoms. The zero-order valence-corrected chi connectivity index (χ0v) is 43.2. The molecule has 6 nitrogen and oxygen atoms in total. The third-order valence-electron chi connectivity index (χ3n) is 12.7. The first-order valence-corrected chi connectivity index (χ1v) is 28.2. The fourth-order valence-corrected chi connectivity index (χ4v) is 8.45. The smallest absolute Gasteiger partial charge is 0.338 e. The Labute approximate surface area is 403 Å². The first-order chi connectivity index (χ1) is 31.9. The molecule has 1 N–H and O–H groups in total. The lowest BCUT2D eigenvalue weighted by Crippen LogP contribution is -2.18. The van der Waals surface area contributed by atoms with Crippen LogP contribution in [0.3, 0.4) is 0 Å². The highest BCUT2D eigenvalue weighted by atomic mass is 16.5. The molecule has 0 amide bonds. The number of carbonyl (C=O) groups is 3. The van der Waals surface area contributed by atoms with Gasteiger partial charge >= 0.3 is 17.9 Å². The van der Waals surface area contributed by atoms with Crippen molar-refractivity contribution in [1.82, 2.24) is 0 Å². The van der Waals surface area contributed by atoms with E-state index in [1.54, 1.807) is 0 Å². The fourth-order valence-electron chi connectivity index (χ4n) is 8.45. The number of hydrogen-bond donors (Lipinski definition) is 1. The molecular formula is C59H106O6. The van der Waals surface area contributed by atoms with Crippen molar-refractivity contribution >= 4 is 17.9 Å². The van der Waals surface area contributed by atoms with Gasteiger partial charge in [0.15, 0.2) is 0 Å². The number of ether oxygens (including phenoxy) is 2. The molecule has 1 aromatic carbocycles. The maximum absolute atomic E-state index is 12.5. The SMILES string of the molecule is CCCCCCCCCCCCCCCCCC(=O)O.CCCCCCCCCCCCCCCCOC(=O)CCCCCCC/C=C\C[C@@H](CCCCCC)OC(=O)c1ccccc1. The number of carboxylic acid groups (broad SMARTS) is 1. The lowest BCUT2D eigenvalue weighted by atomic mass is 10.0. The van der Waals surface area contributed by atoms with Crippen molar-refractivity contribution in [3.8, 4) is 0 Å². The third-order valence-corrected chi connectivity index (χ3v) is 12.7. The van der Waals surface area contributed by atoms with Crippen LogP contribution in [0.2, 0.25) is 0 Å². The Morgan fingerprint density at radius 1 is 0.462 bits per heavy atom. The number of carboxylic acids is 1. The van der Waals surface area contributed by atoms with E-state index in [2.05, 4.69) is 32.9 Å². The Morgan fingerprint density at radius 2 is 0.846 bits per heavy atom. The molecule has 0 fully saturated rings. The summed E-state index contributed by atoms with van der Waals surface area (Å²) in [5, 5.41) is 8.52. The largest absolute Gasteiger partial charge is 0.481 e. The molecule has 1 aromatic rings. The molecule has 0 aliphatic rings. The van der Waals surface area contributed by atoms with E-state index in [-0.39, 0.29) is 18.0 Å². The summed E-state index contributed by atoms with van der Waals surface area (Å²) in [5.74, 6) is -0.896. The van der Waals surface area contributed by atoms with Crippen molar-refractivity contribution in [1.29, 1.82) is 0 Å². The van der Waals surface area contributed by atoms with Crippen LogP contribution in [0.4, 0.5) is 0 Å². The Balaban J connectivity index is 0.00000171. The lowest BCUT2D eigenvalue weighted by molar-refractivity contribution is -0.144. The van der Waals surface area contributed by atoms with E-state index in [9.17, 15) is 14.4 Å². The van der Waals surface area contributed by atoms with Gasteiger partial charge in [-0.3, -0.25) is 9.59 Å². The molecule has 0 aliphatic carbocycles. The molecule has 0 unspecified atom stereocenters. The van der Waals surface area contributed by atoms with E-state index in [0.717, 1.165) is 70.6 Å². The maximum Gasteiger partial charge on any atom is 0.338 e. The van der Waals surface area contributed by atoms with E-state index in [4.69, 9.17) is 14.6 Å². The minimum atomic E-state index is -0.653. The van der Waals surface area contributed by atoms with Crippen LogP contribution in [0.25, 0.3) is 0 Å². The van der Waals surface area contributed by atoms with Crippen molar-refractivity contribution < 1.29 is 29.0 Å². The zero-order chi connectivity index (χ0) is 47.4. The molecule has 0 saturated carbocycles. The molecule has 6 heteroatoms. The van der Waals surface area contributed by atoms with Crippen LogP contribution in [0, 0.1) is 0 Å². The van der Waals surface area contributed by atoms with Gasteiger partial charge in [0, 0.05) is 19.3 Å². The lowest BCUT2D eigenvalue weighted by Gasteiger charge is -2.16. The summed E-state index contributed by atoms with van der Waals surface area (Å²) in [6, 6.07) is 9.30. The Hall–Kier alpha value is -2.63. The number of unbranched alkanes of at least 4 members (excludes halogenated alkanes) is 35. The van der Waals surface area contributed by atoms with Crippen molar-refractivity contribution in [3.63, 3.8) is 0 Å². The molecule has 0 heterocycles. The van der Waals surface area contributed by atoms with Gasteiger partial charge in [0.25, 0.3) is 0 Å². The monoisotopic (exact) mass is 911 g/mol. The summed E-state index contributed by atoms with van der Waals surface area (Å²) in [6.45, 7) is 7.36. The zero-order valence-electron chi connectivity index (χ0n) is 43.2. The number of esters is 2. The molecule has 378 valence electrons. The predicted molar refractivity (Wildman–Crippen MR) is 279 cm³/mol. The van der Waals surface area contributed by atoms with Gasteiger partial charge in [-0.05, 0) is 57.1 Å². The molecule has 0 saturated heterocycles. The Morgan fingerprint density at radius 3 is 1.29 bits per heavy atom. The highest BCUT2D eigenvalue weighted by molar-refractivity contribution is 5.89. The van der Waals surface area contributed by atoms with Crippen LogP contribution in [-0.4, -0.2) is 35.7 Å². The van der Waals surface area contributed by atoms with Crippen LogP contribution in [0.1, 0.15) is 307 Å². The fraction of sp³-hybridized carbons (Fsp3) is 0.814. The highest BCUT2D eigenvalue weighted by Crippen LogP contribution is 2.18. The van der Waals surface area contributed by atoms with Gasteiger partial charge in [-0.2, -0.15) is 0 Å². The molecule has 1 atom stereocenters. The quantitative estimate of drug-likeness (QED) is 0.0398. The van der Waals surface area contributed by atoms with Gasteiger partial charge in [0.1, 0.15) is 6.10 Å². The first kappa shape index (κ1) is 62.4. The Kier molecular flexibility index (Phi) is 50.2. The van der Waals surface area contributed by atoms with Crippen molar-refractivity contribution in [3.05, 3.63) is 48.0 Å². The van der Waals surface area contributed by atoms with Crippen molar-refractivity contribution in [2.45, 2.75) is 303 Å². The summed E-state index contributed by atoms with van der Waals surface area (Å²) in [7, 11) is 0. The van der Waals surface area contributed by atoms with Crippen LogP contribution in [0.5, 0.6) is 0 Å². The molecule has 0 aromatic heterocycles. The summed E-state index contributed by atoms with van der Waals surface area (Å²) in [6.07, 6.45) is 56.9. The second-order valence-corrected chi connectivity index (χ2v) is 19.2. The number of hydrogen-bond acceptors (Lipinski definition) is 5. The van der Waals surface area contributed by atoms with E-state index in [0.29, 0.717) is 25.0 Å². The van der Waals surface area contributed by atoms with Crippen LogP contribution in [0.15, 0.2) is 42.5 Å². The molecule has 0 aliphatic heterocycles. The Bertz CT molecular complexity index is 1160. The summed E-state index contributed by atoms with van der Waals surface area (Å²) in [5.41, 5.74) is 0.623. The minimum Gasteiger partial charge on any atom is -0.481 e. The topological polar surface area (TPSA) is 89.9 Å². The van der Waals surface area contributed by atoms with E-state index in [1.165, 1.54) is 193 Å². The minimum absolute atomic E-state index is 0.0233. The number of allylic oxidation sites excluding steroid dienone is 1. The average molecular weight is 911 g/mol. The molecule has 0 bridgehead atoms. The van der Waals surface area contributed by atoms with Crippen LogP contribution >= 0.6 is 0 Å². The van der Waals surface area contributed by atoms with Crippen molar-refractivity contribution in [2.75, 3.05) is 6.61 Å². The normalized spacial score (nSPS) is 11.7. The highest BCUT2D eigenvalue weighted by Gasteiger charge is 2.14. The van der Waals surface area contributed by atoms with Gasteiger partial charge in [-0.25, -0.2) is 4.79 Å². The second-order valence-electron chi connectivity index (χ2n) is 19.2. The van der Waals surface area contributed by atoms with E-state index in [1.807, 2.05) is 30.3 Å². The molecular weight excluding hydrogens is 805 g/mol. The van der Waals surface area contributed by atoms with Gasteiger partial charge in [0.05, 0.1) is 12.2 Å². The summed E-state index contributed by atoms with van der Waals surface area (Å²) >= 11 is 0. The summed E-state index contributed by atoms with van der Waals surface area (Å²) < 4.78 is 11.3. The van der Waals surface area contributed by atoms with E-state index >= 15 is 0 Å². The number of benzene rings is 1. The summed E-state index contributed by atoms with van der Waals surface area (Å²) in [4.78, 5) is 34.9. The molecule has 1 rings (SSSR count). The van der Waals surface area contributed by atoms with Crippen LogP contribution < -0.4 is 0 Å². The van der Waals surface area contributed by atoms with Gasteiger partial charge < -0.3 is 14.6 Å². The van der Waals surface area contributed by atoms with Gasteiger partial charge in [0.2, 0.25) is 0 Å². The van der Waals surface area contributed by atoms with Crippen molar-refractivity contribution in [2.24, 2.45) is 0 Å².